The van der Waals surface area contributed by atoms with Crippen LogP contribution in [0, 0.1) is 5.92 Å². The Morgan fingerprint density at radius 3 is 2.72 bits per heavy atom. The minimum atomic E-state index is 0.196. The lowest BCUT2D eigenvalue weighted by Gasteiger charge is -2.31. The van der Waals surface area contributed by atoms with Crippen molar-refractivity contribution < 1.29 is 5.11 Å². The molecule has 3 rings (SSSR count). The Hall–Kier alpha value is -0.870. The van der Waals surface area contributed by atoms with Crippen molar-refractivity contribution in [3.05, 3.63) is 17.5 Å². The summed E-state index contributed by atoms with van der Waals surface area (Å²) in [4.78, 5) is 2.62. The molecule has 2 heterocycles. The SMILES string of the molecule is OCCc1cc(C2CCN(CC3CC3)CC2)n[nH]1. The van der Waals surface area contributed by atoms with Crippen LogP contribution in [-0.4, -0.2) is 46.4 Å². The van der Waals surface area contributed by atoms with Crippen LogP contribution < -0.4 is 0 Å². The number of hydrogen-bond donors (Lipinski definition) is 2. The van der Waals surface area contributed by atoms with E-state index in [-0.39, 0.29) is 6.61 Å². The lowest BCUT2D eigenvalue weighted by Crippen LogP contribution is -2.34. The quantitative estimate of drug-likeness (QED) is 0.832. The molecule has 0 amide bonds. The third kappa shape index (κ3) is 2.93. The monoisotopic (exact) mass is 249 g/mol. The van der Waals surface area contributed by atoms with Crippen molar-refractivity contribution in [2.45, 2.75) is 38.0 Å². The first-order valence-electron chi connectivity index (χ1n) is 7.22. The first-order chi connectivity index (χ1) is 8.85. The van der Waals surface area contributed by atoms with Crippen molar-refractivity contribution in [3.8, 4) is 0 Å². The van der Waals surface area contributed by atoms with Crippen LogP contribution in [0.2, 0.25) is 0 Å². The summed E-state index contributed by atoms with van der Waals surface area (Å²) in [5, 5.41) is 16.3. The van der Waals surface area contributed by atoms with Crippen LogP contribution in [0.25, 0.3) is 0 Å². The molecule has 1 aromatic heterocycles. The molecule has 0 bridgehead atoms. The van der Waals surface area contributed by atoms with Gasteiger partial charge in [-0.3, -0.25) is 5.10 Å². The molecule has 1 aromatic rings. The second kappa shape index (κ2) is 5.41. The Kier molecular flexibility index (Phi) is 3.66. The van der Waals surface area contributed by atoms with E-state index in [1.54, 1.807) is 0 Å². The van der Waals surface area contributed by atoms with Gasteiger partial charge in [-0.25, -0.2) is 0 Å². The Morgan fingerprint density at radius 2 is 2.06 bits per heavy atom. The zero-order valence-corrected chi connectivity index (χ0v) is 10.9. The summed E-state index contributed by atoms with van der Waals surface area (Å²) in [5.74, 6) is 1.62. The second-order valence-corrected chi connectivity index (χ2v) is 5.81. The number of likely N-dealkylation sites (tertiary alicyclic amines) is 1. The number of nitrogens with zero attached hydrogens (tertiary/aromatic N) is 2. The molecule has 2 N–H and O–H groups in total. The van der Waals surface area contributed by atoms with E-state index in [1.807, 2.05) is 0 Å². The number of aliphatic hydroxyl groups is 1. The van der Waals surface area contributed by atoms with Gasteiger partial charge in [0.2, 0.25) is 0 Å². The Bertz CT molecular complexity index is 378. The normalized spacial score (nSPS) is 22.5. The topological polar surface area (TPSA) is 52.1 Å². The number of piperidine rings is 1. The van der Waals surface area contributed by atoms with Gasteiger partial charge in [-0.15, -0.1) is 0 Å². The van der Waals surface area contributed by atoms with Gasteiger partial charge in [-0.1, -0.05) is 0 Å². The van der Waals surface area contributed by atoms with E-state index < -0.39 is 0 Å². The van der Waals surface area contributed by atoms with Gasteiger partial charge in [0.25, 0.3) is 0 Å². The molecular weight excluding hydrogens is 226 g/mol. The van der Waals surface area contributed by atoms with Gasteiger partial charge in [0.05, 0.1) is 5.69 Å². The minimum absolute atomic E-state index is 0.196. The van der Waals surface area contributed by atoms with E-state index >= 15 is 0 Å². The number of aromatic nitrogens is 2. The first kappa shape index (κ1) is 12.2. The summed E-state index contributed by atoms with van der Waals surface area (Å²) in [6.07, 6.45) is 6.05. The number of H-pyrrole nitrogens is 1. The zero-order chi connectivity index (χ0) is 12.4. The molecule has 0 atom stereocenters. The predicted octanol–water partition coefficient (Wildman–Crippen LogP) is 1.53. The molecule has 0 spiro atoms. The van der Waals surface area contributed by atoms with E-state index in [9.17, 15) is 0 Å². The first-order valence-corrected chi connectivity index (χ1v) is 7.22. The molecule has 2 aliphatic rings. The highest BCUT2D eigenvalue weighted by Crippen LogP contribution is 2.33. The highest BCUT2D eigenvalue weighted by atomic mass is 16.3. The number of rotatable bonds is 5. The minimum Gasteiger partial charge on any atom is -0.396 e. The van der Waals surface area contributed by atoms with Crippen molar-refractivity contribution in [2.24, 2.45) is 5.92 Å². The molecule has 1 aliphatic carbocycles. The maximum absolute atomic E-state index is 8.91. The van der Waals surface area contributed by atoms with E-state index in [4.69, 9.17) is 5.11 Å². The average molecular weight is 249 g/mol. The number of aliphatic hydroxyl groups excluding tert-OH is 1. The summed E-state index contributed by atoms with van der Waals surface area (Å²) >= 11 is 0. The fourth-order valence-corrected chi connectivity index (χ4v) is 2.91. The van der Waals surface area contributed by atoms with Gasteiger partial charge in [0, 0.05) is 31.2 Å². The van der Waals surface area contributed by atoms with Crippen molar-refractivity contribution >= 4 is 0 Å². The number of nitrogens with one attached hydrogen (secondary N) is 1. The van der Waals surface area contributed by atoms with Crippen molar-refractivity contribution in [2.75, 3.05) is 26.2 Å². The molecule has 1 aliphatic heterocycles. The van der Waals surface area contributed by atoms with Crippen LogP contribution in [-0.2, 0) is 6.42 Å². The van der Waals surface area contributed by atoms with Crippen molar-refractivity contribution in [3.63, 3.8) is 0 Å². The molecule has 1 saturated heterocycles. The van der Waals surface area contributed by atoms with Crippen LogP contribution in [0.4, 0.5) is 0 Å². The van der Waals surface area contributed by atoms with Crippen molar-refractivity contribution in [1.29, 1.82) is 0 Å². The molecule has 0 aromatic carbocycles. The molecule has 100 valence electrons. The summed E-state index contributed by atoms with van der Waals surface area (Å²) in [5.41, 5.74) is 2.26. The summed E-state index contributed by atoms with van der Waals surface area (Å²) in [6.45, 7) is 3.97. The molecule has 0 unspecified atom stereocenters. The molecule has 2 fully saturated rings. The molecule has 4 heteroatoms. The lowest BCUT2D eigenvalue weighted by molar-refractivity contribution is 0.203. The van der Waals surface area contributed by atoms with E-state index in [0.717, 1.165) is 11.6 Å². The van der Waals surface area contributed by atoms with Crippen LogP contribution in [0.5, 0.6) is 0 Å². The Morgan fingerprint density at radius 1 is 1.28 bits per heavy atom. The smallest absolute Gasteiger partial charge is 0.0656 e. The van der Waals surface area contributed by atoms with Gasteiger partial charge in [0.15, 0.2) is 0 Å². The summed E-state index contributed by atoms with van der Waals surface area (Å²) in [7, 11) is 0. The standard InChI is InChI=1S/C14H23N3O/c18-8-5-13-9-14(16-15-13)12-3-6-17(7-4-12)10-11-1-2-11/h9,11-12,18H,1-8,10H2,(H,15,16). The van der Waals surface area contributed by atoms with Crippen LogP contribution in [0.3, 0.4) is 0 Å². The third-order valence-electron chi connectivity index (χ3n) is 4.25. The van der Waals surface area contributed by atoms with E-state index in [2.05, 4.69) is 21.2 Å². The highest BCUT2D eigenvalue weighted by molar-refractivity contribution is 5.14. The lowest BCUT2D eigenvalue weighted by atomic mass is 9.93. The van der Waals surface area contributed by atoms with Crippen LogP contribution in [0.15, 0.2) is 6.07 Å². The third-order valence-corrected chi connectivity index (χ3v) is 4.25. The molecular formula is C14H23N3O. The van der Waals surface area contributed by atoms with E-state index in [1.165, 1.54) is 51.0 Å². The molecule has 1 saturated carbocycles. The second-order valence-electron chi connectivity index (χ2n) is 5.81. The average Bonchev–Trinajstić information content (AvgIpc) is 3.07. The largest absolute Gasteiger partial charge is 0.396 e. The zero-order valence-electron chi connectivity index (χ0n) is 10.9. The van der Waals surface area contributed by atoms with Gasteiger partial charge in [0.1, 0.15) is 0 Å². The van der Waals surface area contributed by atoms with Crippen LogP contribution >= 0.6 is 0 Å². The predicted molar refractivity (Wildman–Crippen MR) is 70.5 cm³/mol. The van der Waals surface area contributed by atoms with Crippen LogP contribution in [0.1, 0.15) is 43.0 Å². The van der Waals surface area contributed by atoms with Gasteiger partial charge in [-0.2, -0.15) is 5.10 Å². The van der Waals surface area contributed by atoms with Gasteiger partial charge >= 0.3 is 0 Å². The Labute approximate surface area is 108 Å². The maximum atomic E-state index is 8.91. The fourth-order valence-electron chi connectivity index (χ4n) is 2.91. The maximum Gasteiger partial charge on any atom is 0.0656 e. The summed E-state index contributed by atoms with van der Waals surface area (Å²) in [6, 6.07) is 2.14. The van der Waals surface area contributed by atoms with Gasteiger partial charge < -0.3 is 10.0 Å². The van der Waals surface area contributed by atoms with E-state index in [0.29, 0.717) is 12.3 Å². The number of hydrogen-bond acceptors (Lipinski definition) is 3. The Balaban J connectivity index is 1.51. The fraction of sp³-hybridized carbons (Fsp3) is 0.786. The molecule has 18 heavy (non-hydrogen) atoms. The number of aromatic amines is 1. The highest BCUT2D eigenvalue weighted by Gasteiger charge is 2.28. The molecule has 0 radical (unpaired) electrons. The van der Waals surface area contributed by atoms with Crippen molar-refractivity contribution in [1.82, 2.24) is 15.1 Å². The van der Waals surface area contributed by atoms with Gasteiger partial charge in [-0.05, 0) is 50.8 Å². The molecule has 4 nitrogen and oxygen atoms in total. The summed E-state index contributed by atoms with van der Waals surface area (Å²) < 4.78 is 0.